The van der Waals surface area contributed by atoms with E-state index in [1.165, 1.54) is 0 Å². The molecule has 2 amide bonds. The summed E-state index contributed by atoms with van der Waals surface area (Å²) < 4.78 is 0. The standard InChI is InChI=1S/C27H48N2O4/c1-19(2)21(26(32)15-7-5-8-16-26)29(24(31)25(23(28)30)13-11-12-14-25)22(20(3)4)27(33)17-9-6-10-18-27/h19-22,32-33H,5-18H2,1-4H3,(H2,28,30). The predicted molar refractivity (Wildman–Crippen MR) is 130 cm³/mol. The van der Waals surface area contributed by atoms with Crippen LogP contribution in [0, 0.1) is 17.3 Å². The molecule has 6 heteroatoms. The van der Waals surface area contributed by atoms with Crippen molar-refractivity contribution in [2.75, 3.05) is 0 Å². The minimum Gasteiger partial charge on any atom is -0.388 e. The number of rotatable bonds is 8. The molecular formula is C27H48N2O4. The van der Waals surface area contributed by atoms with E-state index in [4.69, 9.17) is 5.73 Å². The van der Waals surface area contributed by atoms with E-state index >= 15 is 0 Å². The third kappa shape index (κ3) is 4.98. The summed E-state index contributed by atoms with van der Waals surface area (Å²) in [6.45, 7) is 8.24. The molecule has 0 aromatic heterocycles. The van der Waals surface area contributed by atoms with Gasteiger partial charge in [0.25, 0.3) is 0 Å². The first kappa shape index (κ1) is 26.5. The van der Waals surface area contributed by atoms with Gasteiger partial charge in [-0.25, -0.2) is 0 Å². The molecule has 0 aromatic rings. The van der Waals surface area contributed by atoms with Crippen molar-refractivity contribution in [2.45, 2.75) is 141 Å². The largest absolute Gasteiger partial charge is 0.388 e. The van der Waals surface area contributed by atoms with E-state index in [1.54, 1.807) is 0 Å². The van der Waals surface area contributed by atoms with Gasteiger partial charge in [0, 0.05) is 0 Å². The van der Waals surface area contributed by atoms with Gasteiger partial charge in [-0.1, -0.05) is 79.1 Å². The predicted octanol–water partition coefficient (Wildman–Crippen LogP) is 4.30. The van der Waals surface area contributed by atoms with Gasteiger partial charge in [-0.2, -0.15) is 0 Å². The summed E-state index contributed by atoms with van der Waals surface area (Å²) in [5, 5.41) is 24.0. The Morgan fingerprint density at radius 1 is 0.667 bits per heavy atom. The molecule has 0 saturated heterocycles. The summed E-state index contributed by atoms with van der Waals surface area (Å²) in [6, 6.07) is -0.916. The number of nitrogens with two attached hydrogens (primary N) is 1. The molecule has 3 aliphatic rings. The van der Waals surface area contributed by atoms with Crippen LogP contribution in [0.2, 0.25) is 0 Å². The molecule has 33 heavy (non-hydrogen) atoms. The highest BCUT2D eigenvalue weighted by Crippen LogP contribution is 2.47. The van der Waals surface area contributed by atoms with Gasteiger partial charge in [-0.15, -0.1) is 0 Å². The fourth-order valence-electron chi connectivity index (χ4n) is 7.54. The number of nitrogens with zero attached hydrogens (tertiary/aromatic N) is 1. The van der Waals surface area contributed by atoms with Crippen LogP contribution < -0.4 is 5.73 Å². The molecule has 190 valence electrons. The molecule has 0 radical (unpaired) electrons. The number of carbonyl (C=O) groups is 2. The summed E-state index contributed by atoms with van der Waals surface area (Å²) in [5.74, 6) is -0.831. The SMILES string of the molecule is CC(C)C(N(C(=O)C1(C(N)=O)CCCC1)C(C(C)C)C1(O)CCCCC1)C1(O)CCCCC1. The van der Waals surface area contributed by atoms with Crippen LogP contribution in [-0.4, -0.2) is 50.2 Å². The van der Waals surface area contributed by atoms with Crippen LogP contribution in [0.15, 0.2) is 0 Å². The topological polar surface area (TPSA) is 104 Å². The van der Waals surface area contributed by atoms with Gasteiger partial charge in [-0.05, 0) is 50.4 Å². The number of carbonyl (C=O) groups excluding carboxylic acids is 2. The van der Waals surface area contributed by atoms with E-state index in [0.29, 0.717) is 38.5 Å². The molecule has 3 aliphatic carbocycles. The first-order chi connectivity index (χ1) is 15.5. The lowest BCUT2D eigenvalue weighted by molar-refractivity contribution is -0.184. The van der Waals surface area contributed by atoms with Crippen molar-refractivity contribution >= 4 is 11.8 Å². The molecule has 3 fully saturated rings. The summed E-state index contributed by atoms with van der Waals surface area (Å²) in [7, 11) is 0. The second-order valence-corrected chi connectivity index (χ2v) is 12.1. The average Bonchev–Trinajstić information content (AvgIpc) is 3.24. The van der Waals surface area contributed by atoms with E-state index in [9.17, 15) is 19.8 Å². The second kappa shape index (κ2) is 10.2. The number of hydrogen-bond donors (Lipinski definition) is 3. The lowest BCUT2D eigenvalue weighted by Gasteiger charge is -2.56. The van der Waals surface area contributed by atoms with E-state index in [1.807, 2.05) is 4.90 Å². The molecule has 0 heterocycles. The number of amides is 2. The molecule has 2 atom stereocenters. The smallest absolute Gasteiger partial charge is 0.238 e. The van der Waals surface area contributed by atoms with Crippen molar-refractivity contribution < 1.29 is 19.8 Å². The molecule has 4 N–H and O–H groups in total. The minimum atomic E-state index is -1.23. The van der Waals surface area contributed by atoms with Crippen LogP contribution in [0.5, 0.6) is 0 Å². The lowest BCUT2D eigenvalue weighted by Crippen LogP contribution is -2.70. The first-order valence-electron chi connectivity index (χ1n) is 13.6. The van der Waals surface area contributed by atoms with Gasteiger partial charge in [0.15, 0.2) is 0 Å². The first-order valence-corrected chi connectivity index (χ1v) is 13.6. The van der Waals surface area contributed by atoms with Gasteiger partial charge in [0.05, 0.1) is 23.3 Å². The van der Waals surface area contributed by atoms with E-state index in [-0.39, 0.29) is 17.7 Å². The van der Waals surface area contributed by atoms with Gasteiger partial charge < -0.3 is 20.8 Å². The monoisotopic (exact) mass is 464 g/mol. The summed E-state index contributed by atoms with van der Waals surface area (Å²) >= 11 is 0. The zero-order valence-electron chi connectivity index (χ0n) is 21.4. The maximum Gasteiger partial charge on any atom is 0.238 e. The molecule has 0 aromatic carbocycles. The summed E-state index contributed by atoms with van der Waals surface area (Å²) in [4.78, 5) is 29.2. The maximum atomic E-state index is 14.6. The van der Waals surface area contributed by atoms with Crippen molar-refractivity contribution in [3.05, 3.63) is 0 Å². The molecule has 0 spiro atoms. The van der Waals surface area contributed by atoms with Crippen molar-refractivity contribution in [1.82, 2.24) is 4.90 Å². The van der Waals surface area contributed by atoms with Crippen LogP contribution in [0.3, 0.4) is 0 Å². The van der Waals surface area contributed by atoms with Gasteiger partial charge >= 0.3 is 0 Å². The number of hydrogen-bond acceptors (Lipinski definition) is 4. The number of primary amides is 1. The van der Waals surface area contributed by atoms with E-state index in [2.05, 4.69) is 27.7 Å². The van der Waals surface area contributed by atoms with Crippen molar-refractivity contribution in [3.63, 3.8) is 0 Å². The average molecular weight is 465 g/mol. The summed E-state index contributed by atoms with van der Waals surface area (Å²) in [6.07, 6.45) is 11.0. The Bertz CT molecular complexity index is 650. The normalized spacial score (nSPS) is 26.2. The molecule has 3 rings (SSSR count). The third-order valence-electron chi connectivity index (χ3n) is 8.97. The van der Waals surface area contributed by atoms with Crippen LogP contribution in [-0.2, 0) is 9.59 Å². The van der Waals surface area contributed by atoms with Gasteiger partial charge in [0.1, 0.15) is 5.41 Å². The van der Waals surface area contributed by atoms with Crippen molar-refractivity contribution in [3.8, 4) is 0 Å². The zero-order valence-corrected chi connectivity index (χ0v) is 21.4. The van der Waals surface area contributed by atoms with Crippen LogP contribution in [0.1, 0.15) is 118 Å². The molecular weight excluding hydrogens is 416 g/mol. The van der Waals surface area contributed by atoms with Gasteiger partial charge in [-0.3, -0.25) is 9.59 Å². The highest BCUT2D eigenvalue weighted by Gasteiger charge is 2.58. The molecule has 0 aliphatic heterocycles. The second-order valence-electron chi connectivity index (χ2n) is 12.1. The van der Waals surface area contributed by atoms with Crippen LogP contribution in [0.25, 0.3) is 0 Å². The van der Waals surface area contributed by atoms with Crippen LogP contribution >= 0.6 is 0 Å². The van der Waals surface area contributed by atoms with Gasteiger partial charge in [0.2, 0.25) is 11.8 Å². The highest BCUT2D eigenvalue weighted by atomic mass is 16.3. The Hall–Kier alpha value is -1.14. The Kier molecular flexibility index (Phi) is 8.20. The molecule has 2 unspecified atom stereocenters. The van der Waals surface area contributed by atoms with Crippen molar-refractivity contribution in [1.29, 1.82) is 0 Å². The Labute approximate surface area is 200 Å². The Morgan fingerprint density at radius 3 is 1.30 bits per heavy atom. The Balaban J connectivity index is 2.17. The van der Waals surface area contributed by atoms with E-state index < -0.39 is 34.6 Å². The molecule has 3 saturated carbocycles. The third-order valence-corrected chi connectivity index (χ3v) is 8.97. The highest BCUT2D eigenvalue weighted by molar-refractivity contribution is 6.05. The minimum absolute atomic E-state index is 0.0168. The molecule has 0 bridgehead atoms. The molecule has 6 nitrogen and oxygen atoms in total. The quantitative estimate of drug-likeness (QED) is 0.466. The number of aliphatic hydroxyl groups is 2. The fraction of sp³-hybridized carbons (Fsp3) is 0.926. The maximum absolute atomic E-state index is 14.6. The lowest BCUT2D eigenvalue weighted by atomic mass is 9.69. The fourth-order valence-corrected chi connectivity index (χ4v) is 7.54. The summed E-state index contributed by atoms with van der Waals surface area (Å²) in [5.41, 5.74) is 2.68. The van der Waals surface area contributed by atoms with Crippen molar-refractivity contribution in [2.24, 2.45) is 23.0 Å². The Morgan fingerprint density at radius 2 is 1.00 bits per heavy atom. The van der Waals surface area contributed by atoms with Crippen LogP contribution in [0.4, 0.5) is 0 Å². The van der Waals surface area contributed by atoms with E-state index in [0.717, 1.165) is 51.4 Å². The zero-order chi connectivity index (χ0) is 24.4.